The molecule has 0 aromatic carbocycles. The van der Waals surface area contributed by atoms with Gasteiger partial charge in [0.1, 0.15) is 0 Å². The molecule has 10 heavy (non-hydrogen) atoms. The molecule has 0 N–H and O–H groups in total. The number of rotatable bonds is 1. The monoisotopic (exact) mass is 136 g/mol. The summed E-state index contributed by atoms with van der Waals surface area (Å²) >= 11 is 0. The average Bonchev–Trinajstić information content (AvgIpc) is 2.59. The zero-order chi connectivity index (χ0) is 6.81. The van der Waals surface area contributed by atoms with Gasteiger partial charge >= 0.3 is 0 Å². The van der Waals surface area contributed by atoms with Crippen molar-refractivity contribution in [3.05, 3.63) is 18.9 Å². The van der Waals surface area contributed by atoms with E-state index in [0.29, 0.717) is 11.7 Å². The van der Waals surface area contributed by atoms with Gasteiger partial charge in [-0.25, -0.2) is 4.98 Å². The molecule has 0 aliphatic carbocycles. The summed E-state index contributed by atoms with van der Waals surface area (Å²) < 4.78 is 9.22. The van der Waals surface area contributed by atoms with Crippen LogP contribution >= 0.6 is 0 Å². The van der Waals surface area contributed by atoms with E-state index in [1.807, 2.05) is 0 Å². The van der Waals surface area contributed by atoms with Gasteiger partial charge in [0.05, 0.1) is 6.20 Å². The second kappa shape index (κ2) is 1.94. The maximum absolute atomic E-state index is 4.76. The van der Waals surface area contributed by atoms with Crippen LogP contribution in [0.2, 0.25) is 0 Å². The Balaban J connectivity index is 2.48. The quantitative estimate of drug-likeness (QED) is 0.571. The van der Waals surface area contributed by atoms with Crippen LogP contribution in [0.4, 0.5) is 0 Å². The standard InChI is InChI=1S/C5H2N3O2/c1-2-9-5(6-1)4-7-3-10-8-4/h1,3H. The largest absolute Gasteiger partial charge is 0.430 e. The highest BCUT2D eigenvalue weighted by atomic mass is 16.5. The van der Waals surface area contributed by atoms with E-state index in [2.05, 4.69) is 25.9 Å². The first kappa shape index (κ1) is 5.16. The van der Waals surface area contributed by atoms with Crippen molar-refractivity contribution in [2.45, 2.75) is 0 Å². The van der Waals surface area contributed by atoms with E-state index < -0.39 is 0 Å². The van der Waals surface area contributed by atoms with E-state index in [0.717, 1.165) is 0 Å². The van der Waals surface area contributed by atoms with Gasteiger partial charge in [-0.15, -0.1) is 0 Å². The molecule has 0 atom stereocenters. The molecule has 0 spiro atoms. The summed E-state index contributed by atoms with van der Waals surface area (Å²) in [6.07, 6.45) is 5.01. The topological polar surface area (TPSA) is 65.0 Å². The Kier molecular flexibility index (Phi) is 1.00. The highest BCUT2D eigenvalue weighted by molar-refractivity contribution is 5.36. The van der Waals surface area contributed by atoms with E-state index in [-0.39, 0.29) is 0 Å². The number of hydrogen-bond donors (Lipinski definition) is 0. The van der Waals surface area contributed by atoms with Gasteiger partial charge in [-0.1, -0.05) is 5.16 Å². The molecule has 2 heterocycles. The fourth-order valence-corrected chi connectivity index (χ4v) is 0.562. The van der Waals surface area contributed by atoms with Crippen molar-refractivity contribution in [2.24, 2.45) is 0 Å². The molecule has 0 aliphatic rings. The van der Waals surface area contributed by atoms with E-state index in [1.165, 1.54) is 12.6 Å². The molecule has 2 aromatic heterocycles. The molecule has 5 nitrogen and oxygen atoms in total. The summed E-state index contributed by atoms with van der Waals surface area (Å²) in [4.78, 5) is 7.46. The Morgan fingerprint density at radius 3 is 3.00 bits per heavy atom. The minimum Gasteiger partial charge on any atom is -0.430 e. The highest BCUT2D eigenvalue weighted by Crippen LogP contribution is 2.08. The van der Waals surface area contributed by atoms with Crippen molar-refractivity contribution in [3.63, 3.8) is 0 Å². The zero-order valence-corrected chi connectivity index (χ0v) is 4.81. The molecule has 0 saturated carbocycles. The average molecular weight is 136 g/mol. The van der Waals surface area contributed by atoms with Gasteiger partial charge in [0.15, 0.2) is 6.26 Å². The molecule has 49 valence electrons. The molecular formula is C5H2N3O2. The molecular weight excluding hydrogens is 134 g/mol. The van der Waals surface area contributed by atoms with Crippen LogP contribution in [0.3, 0.4) is 0 Å². The fourth-order valence-electron chi connectivity index (χ4n) is 0.562. The molecule has 2 rings (SSSR count). The normalized spacial score (nSPS) is 10.0. The summed E-state index contributed by atoms with van der Waals surface area (Å²) in [5.41, 5.74) is 0. The first-order valence-corrected chi connectivity index (χ1v) is 2.55. The molecule has 0 bridgehead atoms. The Morgan fingerprint density at radius 2 is 2.40 bits per heavy atom. The minimum absolute atomic E-state index is 0.314. The lowest BCUT2D eigenvalue weighted by atomic mass is 10.6. The maximum atomic E-state index is 4.76. The third-order valence-electron chi connectivity index (χ3n) is 0.943. The second-order valence-electron chi connectivity index (χ2n) is 1.54. The van der Waals surface area contributed by atoms with Gasteiger partial charge in [-0.3, -0.25) is 0 Å². The van der Waals surface area contributed by atoms with Gasteiger partial charge < -0.3 is 8.94 Å². The van der Waals surface area contributed by atoms with Crippen LogP contribution in [-0.4, -0.2) is 15.1 Å². The van der Waals surface area contributed by atoms with Crippen LogP contribution in [0, 0.1) is 6.26 Å². The molecule has 0 unspecified atom stereocenters. The first-order valence-electron chi connectivity index (χ1n) is 2.55. The predicted octanol–water partition coefficient (Wildman–Crippen LogP) is 0.525. The number of aromatic nitrogens is 3. The third-order valence-corrected chi connectivity index (χ3v) is 0.943. The summed E-state index contributed by atoms with van der Waals surface area (Å²) in [5, 5.41) is 3.50. The number of hydrogen-bond acceptors (Lipinski definition) is 5. The lowest BCUT2D eigenvalue weighted by Crippen LogP contribution is -1.77. The van der Waals surface area contributed by atoms with Crippen molar-refractivity contribution in [1.29, 1.82) is 0 Å². The highest BCUT2D eigenvalue weighted by Gasteiger charge is 2.05. The molecule has 0 aliphatic heterocycles. The predicted molar refractivity (Wildman–Crippen MR) is 28.6 cm³/mol. The Morgan fingerprint density at radius 1 is 1.40 bits per heavy atom. The first-order chi connectivity index (χ1) is 4.97. The smallest absolute Gasteiger partial charge is 0.269 e. The summed E-state index contributed by atoms with van der Waals surface area (Å²) in [5.74, 6) is 0.648. The van der Waals surface area contributed by atoms with Crippen molar-refractivity contribution < 1.29 is 8.94 Å². The van der Waals surface area contributed by atoms with Gasteiger partial charge in [0.2, 0.25) is 6.39 Å². The molecule has 0 fully saturated rings. The molecule has 1 radical (unpaired) electrons. The van der Waals surface area contributed by atoms with Gasteiger partial charge in [-0.05, 0) is 0 Å². The Bertz CT molecular complexity index is 254. The van der Waals surface area contributed by atoms with Crippen molar-refractivity contribution in [3.8, 4) is 11.7 Å². The third kappa shape index (κ3) is 0.680. The van der Waals surface area contributed by atoms with Crippen molar-refractivity contribution >= 4 is 0 Å². The Labute approximate surface area is 55.7 Å². The molecule has 0 amide bonds. The fraction of sp³-hybridized carbons (Fsp3) is 0. The minimum atomic E-state index is 0.314. The van der Waals surface area contributed by atoms with Crippen LogP contribution in [0.5, 0.6) is 0 Å². The van der Waals surface area contributed by atoms with Crippen molar-refractivity contribution in [2.75, 3.05) is 0 Å². The summed E-state index contributed by atoms with van der Waals surface area (Å²) in [7, 11) is 0. The van der Waals surface area contributed by atoms with Gasteiger partial charge in [0.25, 0.3) is 11.7 Å². The SMILES string of the molecule is [c]1cnc(-c2ncon2)o1. The second-order valence-corrected chi connectivity index (χ2v) is 1.54. The van der Waals surface area contributed by atoms with E-state index >= 15 is 0 Å². The van der Waals surface area contributed by atoms with Crippen LogP contribution < -0.4 is 0 Å². The lowest BCUT2D eigenvalue weighted by molar-refractivity contribution is 0.416. The number of nitrogens with zero attached hydrogens (tertiary/aromatic N) is 3. The summed E-state index contributed by atoms with van der Waals surface area (Å²) in [6.45, 7) is 0. The van der Waals surface area contributed by atoms with E-state index in [4.69, 9.17) is 4.42 Å². The lowest BCUT2D eigenvalue weighted by Gasteiger charge is -1.78. The van der Waals surface area contributed by atoms with Gasteiger partial charge in [-0.2, -0.15) is 4.98 Å². The van der Waals surface area contributed by atoms with Crippen LogP contribution in [0.25, 0.3) is 11.7 Å². The number of oxazole rings is 1. The Hall–Kier alpha value is -1.65. The molecule has 2 aromatic rings. The van der Waals surface area contributed by atoms with E-state index in [1.54, 1.807) is 0 Å². The molecule has 5 heteroatoms. The van der Waals surface area contributed by atoms with Gasteiger partial charge in [0, 0.05) is 0 Å². The zero-order valence-electron chi connectivity index (χ0n) is 4.81. The maximum Gasteiger partial charge on any atom is 0.269 e. The van der Waals surface area contributed by atoms with Crippen LogP contribution in [0.15, 0.2) is 21.5 Å². The van der Waals surface area contributed by atoms with Crippen LogP contribution in [-0.2, 0) is 0 Å². The van der Waals surface area contributed by atoms with Crippen molar-refractivity contribution in [1.82, 2.24) is 15.1 Å². The molecule has 0 saturated heterocycles. The van der Waals surface area contributed by atoms with Crippen LogP contribution in [0.1, 0.15) is 0 Å². The summed E-state index contributed by atoms with van der Waals surface area (Å²) in [6, 6.07) is 0. The van der Waals surface area contributed by atoms with E-state index in [9.17, 15) is 0 Å².